The van der Waals surface area contributed by atoms with Crippen LogP contribution in [-0.2, 0) is 12.8 Å². The van der Waals surface area contributed by atoms with Crippen LogP contribution in [0.1, 0.15) is 82.8 Å². The molecule has 1 aromatic rings. The van der Waals surface area contributed by atoms with E-state index < -0.39 is 0 Å². The Bertz CT molecular complexity index is 633. The van der Waals surface area contributed by atoms with E-state index in [0.29, 0.717) is 0 Å². The lowest BCUT2D eigenvalue weighted by Crippen LogP contribution is -2.19. The highest BCUT2D eigenvalue weighted by Gasteiger charge is 2.55. The topological polar surface area (TPSA) is 0 Å². The molecule has 31 heavy (non-hydrogen) atoms. The average molecular weight is 497 g/mol. The van der Waals surface area contributed by atoms with Crippen LogP contribution in [0.4, 0.5) is 0 Å². The maximum atomic E-state index is 3.14. The van der Waals surface area contributed by atoms with Crippen molar-refractivity contribution in [2.45, 2.75) is 90.1 Å². The number of hydrogen-bond acceptors (Lipinski definition) is 0. The van der Waals surface area contributed by atoms with Crippen LogP contribution in [0.15, 0.2) is 24.3 Å². The zero-order chi connectivity index (χ0) is 22.3. The quantitative estimate of drug-likeness (QED) is 0.239. The van der Waals surface area contributed by atoms with Crippen molar-refractivity contribution in [2.24, 2.45) is 23.2 Å². The molecule has 1 aromatic carbocycles. The highest BCUT2D eigenvalue weighted by molar-refractivity contribution is 8.13. The summed E-state index contributed by atoms with van der Waals surface area (Å²) in [5, 5.41) is 0. The van der Waals surface area contributed by atoms with Gasteiger partial charge in [-0.15, -0.1) is 17.2 Å². The molecular formula is C27H48P4. The molecule has 4 heteroatoms. The van der Waals surface area contributed by atoms with Crippen LogP contribution in [0.2, 0.25) is 0 Å². The summed E-state index contributed by atoms with van der Waals surface area (Å²) in [6.07, 6.45) is 17.5. The van der Waals surface area contributed by atoms with Crippen LogP contribution in [0.25, 0.3) is 0 Å². The lowest BCUT2D eigenvalue weighted by Gasteiger charge is -2.31. The van der Waals surface area contributed by atoms with E-state index in [4.69, 9.17) is 0 Å². The molecular weight excluding hydrogens is 448 g/mol. The van der Waals surface area contributed by atoms with Crippen molar-refractivity contribution in [3.05, 3.63) is 35.4 Å². The first-order valence-electron chi connectivity index (χ1n) is 12.9. The molecule has 2 fully saturated rings. The average Bonchev–Trinajstić information content (AvgIpc) is 3.49. The Morgan fingerprint density at radius 1 is 1.13 bits per heavy atom. The summed E-state index contributed by atoms with van der Waals surface area (Å²) in [7, 11) is 5.70. The number of rotatable bonds is 13. The van der Waals surface area contributed by atoms with E-state index in [1.807, 2.05) is 0 Å². The van der Waals surface area contributed by atoms with Gasteiger partial charge in [0, 0.05) is 0 Å². The highest BCUT2D eigenvalue weighted by atomic mass is 32.0. The highest BCUT2D eigenvalue weighted by Crippen LogP contribution is 2.72. The first kappa shape index (κ1) is 26.5. The van der Waals surface area contributed by atoms with Crippen LogP contribution in [-0.4, -0.2) is 25.2 Å². The van der Waals surface area contributed by atoms with Crippen molar-refractivity contribution in [3.63, 3.8) is 0 Å². The van der Waals surface area contributed by atoms with Crippen LogP contribution in [0.5, 0.6) is 0 Å². The predicted octanol–water partition coefficient (Wildman–Crippen LogP) is 9.36. The Balaban J connectivity index is 1.38. The molecule has 2 aliphatic carbocycles. The Morgan fingerprint density at radius 2 is 1.81 bits per heavy atom. The van der Waals surface area contributed by atoms with Gasteiger partial charge in [-0.1, -0.05) is 66.8 Å². The molecule has 7 unspecified atom stereocenters. The van der Waals surface area contributed by atoms with Gasteiger partial charge < -0.3 is 0 Å². The summed E-state index contributed by atoms with van der Waals surface area (Å²) in [4.78, 5) is 0. The molecule has 1 spiro atoms. The summed E-state index contributed by atoms with van der Waals surface area (Å²) >= 11 is 0. The van der Waals surface area contributed by atoms with E-state index in [9.17, 15) is 0 Å². The van der Waals surface area contributed by atoms with Crippen molar-refractivity contribution in [3.8, 4) is 0 Å². The van der Waals surface area contributed by atoms with Gasteiger partial charge in [-0.25, -0.2) is 0 Å². The van der Waals surface area contributed by atoms with Gasteiger partial charge in [-0.2, -0.15) is 0 Å². The van der Waals surface area contributed by atoms with E-state index in [-0.39, 0.29) is 7.61 Å². The molecule has 0 radical (unpaired) electrons. The summed E-state index contributed by atoms with van der Waals surface area (Å²) in [5.41, 5.74) is 4.92. The summed E-state index contributed by atoms with van der Waals surface area (Å²) in [6, 6.07) is 9.42. The van der Waals surface area contributed by atoms with Crippen molar-refractivity contribution in [1.82, 2.24) is 0 Å². The van der Waals surface area contributed by atoms with Crippen molar-refractivity contribution in [2.75, 3.05) is 19.5 Å². The first-order chi connectivity index (χ1) is 15.0. The molecule has 2 saturated carbocycles. The molecule has 3 rings (SSSR count). The summed E-state index contributed by atoms with van der Waals surface area (Å²) in [6.45, 7) is 9.67. The molecule has 0 N–H and O–H groups in total. The van der Waals surface area contributed by atoms with Crippen LogP contribution >= 0.6 is 33.1 Å². The minimum Gasteiger partial charge on any atom is -0.111 e. The standard InChI is InChI=1S/C27H48P4/c1-5-22-8-10-23(11-9-22)12-13-25(20-30-29-3)18-21(2)6-7-24-14-16-27(17-15-24)19-26(27)31(4)28/h8-11,21,24-26,29-30H,5-7,12-20,28H2,1-4H3. The molecule has 176 valence electrons. The molecule has 0 bridgehead atoms. The molecule has 0 amide bonds. The Hall–Kier alpha value is 0.940. The Kier molecular flexibility index (Phi) is 11.3. The van der Waals surface area contributed by atoms with E-state index >= 15 is 0 Å². The monoisotopic (exact) mass is 496 g/mol. The third-order valence-corrected chi connectivity index (χ3v) is 14.0. The molecule has 0 heterocycles. The molecule has 0 saturated heterocycles. The van der Waals surface area contributed by atoms with E-state index in [1.54, 1.807) is 24.8 Å². The SMILES string of the molecule is CCc1ccc(CCC(CPPC)CC(C)CCC2CCC3(CC2)CC3P(C)P)cc1. The summed E-state index contributed by atoms with van der Waals surface area (Å²) < 4.78 is 0. The zero-order valence-electron chi connectivity index (χ0n) is 20.6. The van der Waals surface area contributed by atoms with Gasteiger partial charge in [-0.3, -0.25) is 0 Å². The maximum absolute atomic E-state index is 3.14. The van der Waals surface area contributed by atoms with Crippen molar-refractivity contribution < 1.29 is 0 Å². The van der Waals surface area contributed by atoms with E-state index in [0.717, 1.165) is 43.5 Å². The molecule has 7 atom stereocenters. The minimum atomic E-state index is 0.227. The molecule has 2 aliphatic rings. The van der Waals surface area contributed by atoms with Gasteiger partial charge in [0.1, 0.15) is 0 Å². The van der Waals surface area contributed by atoms with Crippen LogP contribution in [0, 0.1) is 23.2 Å². The second kappa shape index (κ2) is 13.1. The summed E-state index contributed by atoms with van der Waals surface area (Å²) in [5.74, 6) is 2.90. The van der Waals surface area contributed by atoms with Crippen molar-refractivity contribution in [1.29, 1.82) is 0 Å². The number of benzene rings is 1. The third-order valence-electron chi connectivity index (χ3n) is 8.38. The predicted molar refractivity (Wildman–Crippen MR) is 153 cm³/mol. The van der Waals surface area contributed by atoms with Gasteiger partial charge in [-0.05, 0) is 117 Å². The lowest BCUT2D eigenvalue weighted by atomic mass is 9.76. The van der Waals surface area contributed by atoms with Gasteiger partial charge in [0.25, 0.3) is 0 Å². The fraction of sp³-hybridized carbons (Fsp3) is 0.778. The first-order valence-corrected chi connectivity index (χ1v) is 20.1. The van der Waals surface area contributed by atoms with E-state index in [2.05, 4.69) is 60.4 Å². The zero-order valence-corrected chi connectivity index (χ0v) is 24.7. The van der Waals surface area contributed by atoms with Gasteiger partial charge in [0.2, 0.25) is 0 Å². The lowest BCUT2D eigenvalue weighted by molar-refractivity contribution is 0.232. The normalized spacial score (nSPS) is 29.2. The van der Waals surface area contributed by atoms with Crippen LogP contribution in [0.3, 0.4) is 0 Å². The molecule has 0 nitrogen and oxygen atoms in total. The third kappa shape index (κ3) is 8.28. The number of aryl methyl sites for hydroxylation is 2. The van der Waals surface area contributed by atoms with Gasteiger partial charge in [0.05, 0.1) is 0 Å². The van der Waals surface area contributed by atoms with Gasteiger partial charge >= 0.3 is 0 Å². The Morgan fingerprint density at radius 3 is 2.39 bits per heavy atom. The molecule has 0 aromatic heterocycles. The smallest absolute Gasteiger partial charge is 0.0115 e. The Labute approximate surface area is 201 Å². The van der Waals surface area contributed by atoms with Crippen LogP contribution < -0.4 is 0 Å². The second-order valence-electron chi connectivity index (χ2n) is 10.8. The van der Waals surface area contributed by atoms with Gasteiger partial charge in [0.15, 0.2) is 0 Å². The fourth-order valence-corrected chi connectivity index (χ4v) is 11.4. The number of hydrogen-bond donors (Lipinski definition) is 0. The minimum absolute atomic E-state index is 0.227. The largest absolute Gasteiger partial charge is 0.111 e. The second-order valence-corrected chi connectivity index (χ2v) is 19.0. The van der Waals surface area contributed by atoms with E-state index in [1.165, 1.54) is 64.9 Å². The van der Waals surface area contributed by atoms with Crippen molar-refractivity contribution >= 4 is 33.1 Å². The fourth-order valence-electron chi connectivity index (χ4n) is 6.05. The molecule has 0 aliphatic heterocycles. The maximum Gasteiger partial charge on any atom is -0.0115 e.